The molecule has 2 rings (SSSR count). The van der Waals surface area contributed by atoms with Crippen LogP contribution in [-0.4, -0.2) is 13.7 Å². The summed E-state index contributed by atoms with van der Waals surface area (Å²) in [5, 5.41) is 3.43. The van der Waals surface area contributed by atoms with Crippen LogP contribution in [0, 0.1) is 0 Å². The van der Waals surface area contributed by atoms with Crippen LogP contribution in [0.15, 0.2) is 47.1 Å². The second-order valence-corrected chi connectivity index (χ2v) is 5.30. The van der Waals surface area contributed by atoms with Crippen LogP contribution in [0.1, 0.15) is 25.2 Å². The Labute approximate surface area is 114 Å². The van der Waals surface area contributed by atoms with Crippen LogP contribution >= 0.6 is 0 Å². The van der Waals surface area contributed by atoms with E-state index in [1.165, 1.54) is 5.56 Å². The third-order valence-corrected chi connectivity index (χ3v) is 3.32. The number of ether oxygens (including phenoxy) is 1. The van der Waals surface area contributed by atoms with Crippen molar-refractivity contribution in [1.29, 1.82) is 0 Å². The van der Waals surface area contributed by atoms with Gasteiger partial charge in [-0.05, 0) is 29.8 Å². The summed E-state index contributed by atoms with van der Waals surface area (Å²) in [5.41, 5.74) is 1.36. The average molecular weight is 259 g/mol. The summed E-state index contributed by atoms with van der Waals surface area (Å²) in [6.07, 6.45) is 1.70. The molecule has 0 bridgehead atoms. The lowest BCUT2D eigenvalue weighted by atomic mass is 9.84. The monoisotopic (exact) mass is 259 g/mol. The van der Waals surface area contributed by atoms with E-state index < -0.39 is 0 Å². The maximum atomic E-state index is 5.31. The van der Waals surface area contributed by atoms with E-state index in [1.807, 2.05) is 24.3 Å². The van der Waals surface area contributed by atoms with E-state index in [4.69, 9.17) is 9.15 Å². The van der Waals surface area contributed by atoms with E-state index >= 15 is 0 Å². The van der Waals surface area contributed by atoms with E-state index in [0.29, 0.717) is 0 Å². The molecular weight excluding hydrogens is 238 g/mol. The predicted molar refractivity (Wildman–Crippen MR) is 76.4 cm³/mol. The summed E-state index contributed by atoms with van der Waals surface area (Å²) < 4.78 is 10.5. The molecule has 1 N–H and O–H groups in total. The molecule has 0 fully saturated rings. The Bertz CT molecular complexity index is 486. The molecule has 0 unspecified atom stereocenters. The van der Waals surface area contributed by atoms with Gasteiger partial charge in [0.15, 0.2) is 0 Å². The Balaban J connectivity index is 1.92. The van der Waals surface area contributed by atoms with Crippen molar-refractivity contribution in [3.8, 4) is 5.75 Å². The van der Waals surface area contributed by atoms with Crippen molar-refractivity contribution >= 4 is 0 Å². The van der Waals surface area contributed by atoms with Crippen LogP contribution in [0.3, 0.4) is 0 Å². The maximum absolute atomic E-state index is 5.31. The van der Waals surface area contributed by atoms with Crippen molar-refractivity contribution in [2.24, 2.45) is 0 Å². The normalized spacial score (nSPS) is 11.5. The summed E-state index contributed by atoms with van der Waals surface area (Å²) in [6.45, 7) is 6.10. The average Bonchev–Trinajstić information content (AvgIpc) is 2.92. The number of nitrogens with one attached hydrogen (secondary N) is 1. The van der Waals surface area contributed by atoms with Gasteiger partial charge in [-0.3, -0.25) is 0 Å². The highest BCUT2D eigenvalue weighted by Crippen LogP contribution is 2.24. The SMILES string of the molecule is COc1ccc(C(C)(C)CNCc2ccco2)cc1. The van der Waals surface area contributed by atoms with E-state index in [-0.39, 0.29) is 5.41 Å². The fourth-order valence-corrected chi connectivity index (χ4v) is 2.06. The molecule has 3 nitrogen and oxygen atoms in total. The van der Waals surface area contributed by atoms with Gasteiger partial charge in [-0.15, -0.1) is 0 Å². The molecule has 1 aromatic heterocycles. The fourth-order valence-electron chi connectivity index (χ4n) is 2.06. The minimum Gasteiger partial charge on any atom is -0.497 e. The number of benzene rings is 1. The highest BCUT2D eigenvalue weighted by molar-refractivity contribution is 5.31. The first-order valence-corrected chi connectivity index (χ1v) is 6.49. The first kappa shape index (κ1) is 13.7. The molecule has 0 spiro atoms. The van der Waals surface area contributed by atoms with Crippen molar-refractivity contribution in [3.63, 3.8) is 0 Å². The molecule has 0 aliphatic rings. The number of hydrogen-bond acceptors (Lipinski definition) is 3. The zero-order valence-electron chi connectivity index (χ0n) is 11.8. The zero-order chi connectivity index (χ0) is 13.7. The highest BCUT2D eigenvalue weighted by atomic mass is 16.5. The molecule has 0 atom stereocenters. The van der Waals surface area contributed by atoms with Gasteiger partial charge in [0.25, 0.3) is 0 Å². The molecule has 3 heteroatoms. The van der Waals surface area contributed by atoms with Gasteiger partial charge in [0, 0.05) is 12.0 Å². The third kappa shape index (κ3) is 3.61. The Morgan fingerprint density at radius 2 is 1.89 bits per heavy atom. The Kier molecular flexibility index (Phi) is 4.27. The van der Waals surface area contributed by atoms with E-state index in [9.17, 15) is 0 Å². The van der Waals surface area contributed by atoms with Crippen LogP contribution in [0.2, 0.25) is 0 Å². The lowest BCUT2D eigenvalue weighted by Crippen LogP contribution is -2.32. The maximum Gasteiger partial charge on any atom is 0.118 e. The molecule has 0 aliphatic carbocycles. The van der Waals surface area contributed by atoms with Crippen molar-refractivity contribution in [1.82, 2.24) is 5.32 Å². The zero-order valence-corrected chi connectivity index (χ0v) is 11.8. The third-order valence-electron chi connectivity index (χ3n) is 3.32. The van der Waals surface area contributed by atoms with Crippen molar-refractivity contribution < 1.29 is 9.15 Å². The van der Waals surface area contributed by atoms with E-state index in [0.717, 1.165) is 24.6 Å². The smallest absolute Gasteiger partial charge is 0.118 e. The van der Waals surface area contributed by atoms with Gasteiger partial charge in [-0.25, -0.2) is 0 Å². The van der Waals surface area contributed by atoms with Crippen molar-refractivity contribution in [2.75, 3.05) is 13.7 Å². The van der Waals surface area contributed by atoms with Gasteiger partial charge >= 0.3 is 0 Å². The van der Waals surface area contributed by atoms with Crippen LogP contribution in [0.5, 0.6) is 5.75 Å². The van der Waals surface area contributed by atoms with E-state index in [1.54, 1.807) is 13.4 Å². The number of hydrogen-bond donors (Lipinski definition) is 1. The lowest BCUT2D eigenvalue weighted by molar-refractivity contribution is 0.412. The van der Waals surface area contributed by atoms with Gasteiger partial charge in [0.1, 0.15) is 11.5 Å². The minimum absolute atomic E-state index is 0.0683. The van der Waals surface area contributed by atoms with Crippen LogP contribution in [0.4, 0.5) is 0 Å². The standard InChI is InChI=1S/C16H21NO2/c1-16(2,12-17-11-15-5-4-10-19-15)13-6-8-14(18-3)9-7-13/h4-10,17H,11-12H2,1-3H3. The minimum atomic E-state index is 0.0683. The predicted octanol–water partition coefficient (Wildman–Crippen LogP) is 3.36. The number of furan rings is 1. The topological polar surface area (TPSA) is 34.4 Å². The highest BCUT2D eigenvalue weighted by Gasteiger charge is 2.20. The van der Waals surface area contributed by atoms with Gasteiger partial charge in [-0.1, -0.05) is 26.0 Å². The summed E-state index contributed by atoms with van der Waals surface area (Å²) in [7, 11) is 1.69. The largest absolute Gasteiger partial charge is 0.497 e. The molecular formula is C16H21NO2. The molecule has 0 radical (unpaired) electrons. The molecule has 1 heterocycles. The molecule has 0 saturated carbocycles. The van der Waals surface area contributed by atoms with E-state index in [2.05, 4.69) is 31.3 Å². The molecule has 0 aliphatic heterocycles. The van der Waals surface area contributed by atoms with Gasteiger partial charge in [0.2, 0.25) is 0 Å². The second-order valence-electron chi connectivity index (χ2n) is 5.30. The summed E-state index contributed by atoms with van der Waals surface area (Å²) in [4.78, 5) is 0. The lowest BCUT2D eigenvalue weighted by Gasteiger charge is -2.25. The van der Waals surface area contributed by atoms with Gasteiger partial charge in [-0.2, -0.15) is 0 Å². The second kappa shape index (κ2) is 5.93. The van der Waals surface area contributed by atoms with Gasteiger partial charge in [0.05, 0.1) is 19.9 Å². The first-order valence-electron chi connectivity index (χ1n) is 6.49. The summed E-state index contributed by atoms with van der Waals surface area (Å²) in [6, 6.07) is 12.1. The first-order chi connectivity index (χ1) is 9.12. The van der Waals surface area contributed by atoms with Crippen molar-refractivity contribution in [2.45, 2.75) is 25.8 Å². The van der Waals surface area contributed by atoms with Crippen LogP contribution in [-0.2, 0) is 12.0 Å². The van der Waals surface area contributed by atoms with Crippen LogP contribution in [0.25, 0.3) is 0 Å². The van der Waals surface area contributed by atoms with Crippen LogP contribution < -0.4 is 10.1 Å². The Hall–Kier alpha value is -1.74. The number of methoxy groups -OCH3 is 1. The van der Waals surface area contributed by atoms with Crippen molar-refractivity contribution in [3.05, 3.63) is 54.0 Å². The number of rotatable bonds is 6. The molecule has 102 valence electrons. The quantitative estimate of drug-likeness (QED) is 0.863. The Morgan fingerprint density at radius 3 is 2.47 bits per heavy atom. The Morgan fingerprint density at radius 1 is 1.16 bits per heavy atom. The van der Waals surface area contributed by atoms with Gasteiger partial charge < -0.3 is 14.5 Å². The molecule has 2 aromatic rings. The summed E-state index contributed by atoms with van der Waals surface area (Å²) >= 11 is 0. The molecule has 19 heavy (non-hydrogen) atoms. The molecule has 0 amide bonds. The molecule has 0 saturated heterocycles. The fraction of sp³-hybridized carbons (Fsp3) is 0.375. The molecule has 1 aromatic carbocycles. The summed E-state index contributed by atoms with van der Waals surface area (Å²) in [5.74, 6) is 1.86.